The molecular weight excluding hydrogens is 352 g/mol. The van der Waals surface area contributed by atoms with Gasteiger partial charge >= 0.3 is 0 Å². The van der Waals surface area contributed by atoms with Crippen LogP contribution in [0.3, 0.4) is 0 Å². The number of halogens is 4. The van der Waals surface area contributed by atoms with Gasteiger partial charge in [-0.15, -0.1) is 0 Å². The van der Waals surface area contributed by atoms with Crippen LogP contribution in [0.2, 0.25) is 5.02 Å². The molecule has 0 spiro atoms. The van der Waals surface area contributed by atoms with Crippen molar-refractivity contribution >= 4 is 55.1 Å². The fourth-order valence-corrected chi connectivity index (χ4v) is 1.90. The minimum atomic E-state index is -0.461. The molecule has 0 saturated carbocycles. The van der Waals surface area contributed by atoms with E-state index in [2.05, 4.69) is 37.2 Å². The first-order valence-electron chi connectivity index (χ1n) is 4.01. The fraction of sp³-hybridized carbons (Fsp3) is 0.222. The molecule has 15 heavy (non-hydrogen) atoms. The van der Waals surface area contributed by atoms with Gasteiger partial charge in [0.15, 0.2) is 0 Å². The van der Waals surface area contributed by atoms with E-state index in [-0.39, 0.29) is 15.8 Å². The van der Waals surface area contributed by atoms with E-state index >= 15 is 0 Å². The van der Waals surface area contributed by atoms with Crippen molar-refractivity contribution in [2.24, 2.45) is 0 Å². The highest BCUT2D eigenvalue weighted by molar-refractivity contribution is 9.10. The number of carbonyl (C=O) groups is 1. The molecule has 1 rings (SSSR count). The Bertz CT molecular complexity index is 375. The van der Waals surface area contributed by atoms with E-state index in [1.165, 1.54) is 6.07 Å². The molecule has 0 aliphatic rings. The van der Waals surface area contributed by atoms with Crippen molar-refractivity contribution in [3.63, 3.8) is 0 Å². The Labute approximate surface area is 108 Å². The number of benzene rings is 1. The highest BCUT2D eigenvalue weighted by Crippen LogP contribution is 2.31. The average molecular weight is 359 g/mol. The smallest absolute Gasteiger partial charge is 0.237 e. The van der Waals surface area contributed by atoms with Crippen molar-refractivity contribution in [2.45, 2.75) is 11.8 Å². The van der Waals surface area contributed by atoms with E-state index < -0.39 is 5.82 Å². The molecule has 1 aromatic carbocycles. The van der Waals surface area contributed by atoms with Gasteiger partial charge in [-0.25, -0.2) is 4.39 Å². The molecule has 6 heteroatoms. The number of anilines is 1. The average Bonchev–Trinajstić information content (AvgIpc) is 2.10. The zero-order chi connectivity index (χ0) is 11.6. The maximum atomic E-state index is 12.9. The van der Waals surface area contributed by atoms with Crippen LogP contribution in [0, 0.1) is 5.82 Å². The van der Waals surface area contributed by atoms with Crippen LogP contribution in [0.4, 0.5) is 10.1 Å². The van der Waals surface area contributed by atoms with Crippen LogP contribution in [0.5, 0.6) is 0 Å². The molecule has 0 saturated heterocycles. The van der Waals surface area contributed by atoms with Gasteiger partial charge in [-0.2, -0.15) is 0 Å². The number of carbonyl (C=O) groups excluding carboxylic acids is 1. The van der Waals surface area contributed by atoms with Gasteiger partial charge in [0.25, 0.3) is 0 Å². The van der Waals surface area contributed by atoms with Crippen molar-refractivity contribution in [2.75, 3.05) is 5.32 Å². The molecule has 0 heterocycles. The summed E-state index contributed by atoms with van der Waals surface area (Å²) in [6.45, 7) is 1.68. The lowest BCUT2D eigenvalue weighted by molar-refractivity contribution is -0.115. The predicted molar refractivity (Wildman–Crippen MR) is 66.1 cm³/mol. The molecule has 0 bridgehead atoms. The van der Waals surface area contributed by atoms with Crippen LogP contribution in [0.15, 0.2) is 16.6 Å². The Kier molecular flexibility index (Phi) is 4.55. The topological polar surface area (TPSA) is 29.1 Å². The van der Waals surface area contributed by atoms with Crippen LogP contribution < -0.4 is 5.32 Å². The Morgan fingerprint density at radius 3 is 2.67 bits per heavy atom. The van der Waals surface area contributed by atoms with Gasteiger partial charge in [0.1, 0.15) is 5.82 Å². The van der Waals surface area contributed by atoms with Crippen LogP contribution in [-0.4, -0.2) is 10.7 Å². The lowest BCUT2D eigenvalue weighted by Gasteiger charge is -2.10. The summed E-state index contributed by atoms with van der Waals surface area (Å²) in [6.07, 6.45) is 0. The number of amides is 1. The summed E-state index contributed by atoms with van der Waals surface area (Å²) >= 11 is 12.0. The highest BCUT2D eigenvalue weighted by atomic mass is 79.9. The molecule has 82 valence electrons. The quantitative estimate of drug-likeness (QED) is 0.796. The molecule has 0 radical (unpaired) electrons. The number of nitrogens with one attached hydrogen (secondary N) is 1. The summed E-state index contributed by atoms with van der Waals surface area (Å²) in [4.78, 5) is 11.0. The second kappa shape index (κ2) is 5.27. The van der Waals surface area contributed by atoms with Gasteiger partial charge in [0, 0.05) is 4.47 Å². The Morgan fingerprint density at radius 1 is 1.60 bits per heavy atom. The molecule has 0 fully saturated rings. The SMILES string of the molecule is CC(Br)C(=O)Nc1c(Cl)cc(F)cc1Br. The lowest BCUT2D eigenvalue weighted by Crippen LogP contribution is -2.20. The zero-order valence-electron chi connectivity index (χ0n) is 7.65. The molecular formula is C9H7Br2ClFNO. The van der Waals surface area contributed by atoms with E-state index in [0.29, 0.717) is 10.2 Å². The second-order valence-corrected chi connectivity index (χ2v) is 5.48. The van der Waals surface area contributed by atoms with Gasteiger partial charge in [0.05, 0.1) is 15.5 Å². The van der Waals surface area contributed by atoms with Crippen LogP contribution >= 0.6 is 43.5 Å². The first-order chi connectivity index (χ1) is 6.91. The molecule has 1 N–H and O–H groups in total. The van der Waals surface area contributed by atoms with E-state index in [4.69, 9.17) is 11.6 Å². The third-order valence-corrected chi connectivity index (χ3v) is 2.96. The van der Waals surface area contributed by atoms with E-state index in [0.717, 1.165) is 6.07 Å². The molecule has 0 aromatic heterocycles. The van der Waals surface area contributed by atoms with Crippen LogP contribution in [-0.2, 0) is 4.79 Å². The lowest BCUT2D eigenvalue weighted by atomic mass is 10.3. The summed E-state index contributed by atoms with van der Waals surface area (Å²) in [7, 11) is 0. The van der Waals surface area contributed by atoms with Crippen molar-refractivity contribution in [1.29, 1.82) is 0 Å². The maximum Gasteiger partial charge on any atom is 0.237 e. The van der Waals surface area contributed by atoms with E-state index in [9.17, 15) is 9.18 Å². The standard InChI is InChI=1S/C9H7Br2ClFNO/c1-4(10)9(15)14-8-6(11)2-5(13)3-7(8)12/h2-4H,1H3,(H,14,15). The summed E-state index contributed by atoms with van der Waals surface area (Å²) < 4.78 is 13.3. The van der Waals surface area contributed by atoms with E-state index in [1.54, 1.807) is 6.92 Å². The normalized spacial score (nSPS) is 12.3. The molecule has 1 amide bonds. The largest absolute Gasteiger partial charge is 0.323 e. The minimum Gasteiger partial charge on any atom is -0.323 e. The van der Waals surface area contributed by atoms with Crippen molar-refractivity contribution < 1.29 is 9.18 Å². The number of hydrogen-bond acceptors (Lipinski definition) is 1. The molecule has 1 unspecified atom stereocenters. The first kappa shape index (κ1) is 12.9. The van der Waals surface area contributed by atoms with Gasteiger partial charge in [-0.05, 0) is 35.0 Å². The van der Waals surface area contributed by atoms with E-state index in [1.807, 2.05) is 0 Å². The van der Waals surface area contributed by atoms with Gasteiger partial charge in [-0.1, -0.05) is 27.5 Å². The zero-order valence-corrected chi connectivity index (χ0v) is 11.6. The number of alkyl halides is 1. The van der Waals surface area contributed by atoms with Gasteiger partial charge in [0.2, 0.25) is 5.91 Å². The monoisotopic (exact) mass is 357 g/mol. The van der Waals surface area contributed by atoms with Crippen LogP contribution in [0.1, 0.15) is 6.92 Å². The third kappa shape index (κ3) is 3.43. The molecule has 2 nitrogen and oxygen atoms in total. The predicted octanol–water partition coefficient (Wildman–Crippen LogP) is 3.96. The summed E-state index contributed by atoms with van der Waals surface area (Å²) in [5, 5.41) is 2.73. The molecule has 0 aliphatic heterocycles. The van der Waals surface area contributed by atoms with Crippen molar-refractivity contribution in [1.82, 2.24) is 0 Å². The number of rotatable bonds is 2. The van der Waals surface area contributed by atoms with Crippen molar-refractivity contribution in [3.05, 3.63) is 27.4 Å². The van der Waals surface area contributed by atoms with Gasteiger partial charge < -0.3 is 5.32 Å². The Hall–Kier alpha value is -0.130. The number of hydrogen-bond donors (Lipinski definition) is 1. The Morgan fingerprint density at radius 2 is 2.20 bits per heavy atom. The first-order valence-corrected chi connectivity index (χ1v) is 6.10. The molecule has 0 aliphatic carbocycles. The summed E-state index contributed by atoms with van der Waals surface area (Å²) in [5.41, 5.74) is 0.370. The summed E-state index contributed by atoms with van der Waals surface area (Å²) in [5.74, 6) is -0.707. The Balaban J connectivity index is 3.00. The highest BCUT2D eigenvalue weighted by Gasteiger charge is 2.14. The minimum absolute atomic E-state index is 0.156. The maximum absolute atomic E-state index is 12.9. The van der Waals surface area contributed by atoms with Gasteiger partial charge in [-0.3, -0.25) is 4.79 Å². The molecule has 1 atom stereocenters. The fourth-order valence-electron chi connectivity index (χ4n) is 0.884. The van der Waals surface area contributed by atoms with Crippen molar-refractivity contribution in [3.8, 4) is 0 Å². The summed E-state index contributed by atoms with van der Waals surface area (Å²) in [6, 6.07) is 2.38. The second-order valence-electron chi connectivity index (χ2n) is 2.85. The molecule has 1 aromatic rings. The third-order valence-electron chi connectivity index (χ3n) is 1.62. The van der Waals surface area contributed by atoms with Crippen LogP contribution in [0.25, 0.3) is 0 Å².